The maximum Gasteiger partial charge on any atom is 0.172 e. The van der Waals surface area contributed by atoms with Crippen molar-refractivity contribution < 1.29 is 9.53 Å². The van der Waals surface area contributed by atoms with E-state index in [0.717, 1.165) is 22.4 Å². The number of methoxy groups -OCH3 is 1. The number of ether oxygens (including phenoxy) is 1. The molecular weight excluding hydrogens is 196 g/mol. The summed E-state index contributed by atoms with van der Waals surface area (Å²) in [5.41, 5.74) is 2.65. The molecule has 0 aliphatic rings. The second kappa shape index (κ2) is 4.51. The largest absolute Gasteiger partial charge is 0.496 e. The van der Waals surface area contributed by atoms with Crippen LogP contribution in [0.2, 0.25) is 0 Å². The summed E-state index contributed by atoms with van der Waals surface area (Å²) in [5.74, 6) is 1.11. The predicted octanol–water partition coefficient (Wildman–Crippen LogP) is 2.42. The first kappa shape index (κ1) is 11.1. The van der Waals surface area contributed by atoms with Gasteiger partial charge in [0.05, 0.1) is 12.9 Å². The number of hydrogen-bond donors (Lipinski definition) is 1. The zero-order chi connectivity index (χ0) is 10.7. The standard InChI is InChI=1S/C11H14O2S/c1-7-5-11(13-3)8(2)4-9(7)10(12)6-14/h4-5,14H,6H2,1-3H3. The van der Waals surface area contributed by atoms with Crippen LogP contribution in [0, 0.1) is 13.8 Å². The first-order valence-corrected chi connectivity index (χ1v) is 5.02. The van der Waals surface area contributed by atoms with E-state index in [1.807, 2.05) is 26.0 Å². The molecule has 0 unspecified atom stereocenters. The molecule has 0 N–H and O–H groups in total. The predicted molar refractivity (Wildman–Crippen MR) is 60.7 cm³/mol. The lowest BCUT2D eigenvalue weighted by atomic mass is 10.0. The minimum absolute atomic E-state index is 0.0524. The first-order chi connectivity index (χ1) is 6.60. The smallest absolute Gasteiger partial charge is 0.172 e. The van der Waals surface area contributed by atoms with Gasteiger partial charge in [-0.05, 0) is 37.1 Å². The summed E-state index contributed by atoms with van der Waals surface area (Å²) in [5, 5.41) is 0. The number of aryl methyl sites for hydroxylation is 2. The summed E-state index contributed by atoms with van der Waals surface area (Å²) in [4.78, 5) is 11.5. The van der Waals surface area contributed by atoms with Crippen LogP contribution in [0.25, 0.3) is 0 Å². The number of ketones is 1. The summed E-state index contributed by atoms with van der Waals surface area (Å²) in [6.07, 6.45) is 0. The van der Waals surface area contributed by atoms with Crippen molar-refractivity contribution in [3.63, 3.8) is 0 Å². The maximum absolute atomic E-state index is 11.5. The number of rotatable bonds is 3. The Hall–Kier alpha value is -0.960. The van der Waals surface area contributed by atoms with Crippen LogP contribution >= 0.6 is 12.6 Å². The Kier molecular flexibility index (Phi) is 3.58. The SMILES string of the molecule is COc1cc(C)c(C(=O)CS)cc1C. The van der Waals surface area contributed by atoms with Crippen molar-refractivity contribution in [1.82, 2.24) is 0 Å². The number of benzene rings is 1. The fraction of sp³-hybridized carbons (Fsp3) is 0.364. The first-order valence-electron chi connectivity index (χ1n) is 4.39. The van der Waals surface area contributed by atoms with Crippen LogP contribution in [0.3, 0.4) is 0 Å². The van der Waals surface area contributed by atoms with Gasteiger partial charge in [-0.1, -0.05) is 0 Å². The van der Waals surface area contributed by atoms with Crippen molar-refractivity contribution >= 4 is 18.4 Å². The van der Waals surface area contributed by atoms with Gasteiger partial charge in [-0.15, -0.1) is 0 Å². The van der Waals surface area contributed by atoms with Gasteiger partial charge in [-0.2, -0.15) is 12.6 Å². The van der Waals surface area contributed by atoms with Gasteiger partial charge in [-0.25, -0.2) is 0 Å². The molecule has 0 amide bonds. The number of Topliss-reactive ketones (excluding diaryl/α,β-unsaturated/α-hetero) is 1. The monoisotopic (exact) mass is 210 g/mol. The van der Waals surface area contributed by atoms with E-state index >= 15 is 0 Å². The topological polar surface area (TPSA) is 26.3 Å². The van der Waals surface area contributed by atoms with E-state index in [2.05, 4.69) is 12.6 Å². The number of carbonyl (C=O) groups is 1. The van der Waals surface area contributed by atoms with Crippen LogP contribution in [0.4, 0.5) is 0 Å². The minimum atomic E-state index is 0.0524. The minimum Gasteiger partial charge on any atom is -0.496 e. The van der Waals surface area contributed by atoms with Crippen molar-refractivity contribution in [3.05, 3.63) is 28.8 Å². The molecule has 0 aliphatic heterocycles. The third-order valence-corrected chi connectivity index (χ3v) is 2.47. The second-order valence-electron chi connectivity index (χ2n) is 3.22. The average Bonchev–Trinajstić information content (AvgIpc) is 2.19. The van der Waals surface area contributed by atoms with Crippen LogP contribution in [0.5, 0.6) is 5.75 Å². The highest BCUT2D eigenvalue weighted by atomic mass is 32.1. The van der Waals surface area contributed by atoms with Gasteiger partial charge in [0.15, 0.2) is 5.78 Å². The Morgan fingerprint density at radius 3 is 2.50 bits per heavy atom. The van der Waals surface area contributed by atoms with Gasteiger partial charge in [0.2, 0.25) is 0 Å². The normalized spacial score (nSPS) is 10.0. The molecule has 14 heavy (non-hydrogen) atoms. The van der Waals surface area contributed by atoms with Gasteiger partial charge in [-0.3, -0.25) is 4.79 Å². The molecule has 1 aromatic carbocycles. The Morgan fingerprint density at radius 2 is 2.00 bits per heavy atom. The highest BCUT2D eigenvalue weighted by Crippen LogP contribution is 2.22. The van der Waals surface area contributed by atoms with Crippen LogP contribution in [-0.4, -0.2) is 18.6 Å². The number of thiol groups is 1. The molecule has 1 rings (SSSR count). The van der Waals surface area contributed by atoms with Crippen molar-refractivity contribution in [2.75, 3.05) is 12.9 Å². The summed E-state index contributed by atoms with van der Waals surface area (Å²) in [6.45, 7) is 3.83. The number of hydrogen-bond acceptors (Lipinski definition) is 3. The third kappa shape index (κ3) is 2.10. The van der Waals surface area contributed by atoms with E-state index in [-0.39, 0.29) is 11.5 Å². The van der Waals surface area contributed by atoms with Crippen LogP contribution in [0.15, 0.2) is 12.1 Å². The summed E-state index contributed by atoms with van der Waals surface area (Å²) in [6, 6.07) is 3.73. The average molecular weight is 210 g/mol. The molecule has 1 aromatic rings. The van der Waals surface area contributed by atoms with E-state index in [1.165, 1.54) is 0 Å². The van der Waals surface area contributed by atoms with E-state index in [4.69, 9.17) is 4.74 Å². The second-order valence-corrected chi connectivity index (χ2v) is 3.53. The molecule has 0 bridgehead atoms. The fourth-order valence-corrected chi connectivity index (χ4v) is 1.57. The molecule has 0 saturated heterocycles. The lowest BCUT2D eigenvalue weighted by molar-refractivity contribution is 0.102. The fourth-order valence-electron chi connectivity index (χ4n) is 1.40. The molecule has 2 nitrogen and oxygen atoms in total. The molecule has 0 aromatic heterocycles. The van der Waals surface area contributed by atoms with Gasteiger partial charge in [0, 0.05) is 5.56 Å². The zero-order valence-electron chi connectivity index (χ0n) is 8.63. The number of carbonyl (C=O) groups excluding carboxylic acids is 1. The van der Waals surface area contributed by atoms with Gasteiger partial charge >= 0.3 is 0 Å². The summed E-state index contributed by atoms with van der Waals surface area (Å²) < 4.78 is 5.16. The van der Waals surface area contributed by atoms with Crippen LogP contribution in [0.1, 0.15) is 21.5 Å². The van der Waals surface area contributed by atoms with E-state index in [0.29, 0.717) is 0 Å². The third-order valence-electron chi connectivity index (χ3n) is 2.19. The molecule has 3 heteroatoms. The van der Waals surface area contributed by atoms with Gasteiger partial charge in [0.1, 0.15) is 5.75 Å². The summed E-state index contributed by atoms with van der Waals surface area (Å²) in [7, 11) is 1.63. The van der Waals surface area contributed by atoms with Gasteiger partial charge in [0.25, 0.3) is 0 Å². The Morgan fingerprint density at radius 1 is 1.36 bits per heavy atom. The molecule has 0 radical (unpaired) electrons. The van der Waals surface area contributed by atoms with E-state index in [9.17, 15) is 4.79 Å². The van der Waals surface area contributed by atoms with Crippen molar-refractivity contribution in [2.45, 2.75) is 13.8 Å². The maximum atomic E-state index is 11.5. The Balaban J connectivity index is 3.21. The molecule has 0 heterocycles. The quantitative estimate of drug-likeness (QED) is 0.612. The van der Waals surface area contributed by atoms with E-state index in [1.54, 1.807) is 7.11 Å². The molecule has 0 saturated carbocycles. The van der Waals surface area contributed by atoms with Crippen molar-refractivity contribution in [2.24, 2.45) is 0 Å². The molecule has 0 aliphatic carbocycles. The van der Waals surface area contributed by atoms with Crippen molar-refractivity contribution in [3.8, 4) is 5.75 Å². The van der Waals surface area contributed by atoms with Crippen LogP contribution < -0.4 is 4.74 Å². The lowest BCUT2D eigenvalue weighted by Crippen LogP contribution is -2.04. The van der Waals surface area contributed by atoms with Crippen LogP contribution in [-0.2, 0) is 0 Å². The lowest BCUT2D eigenvalue weighted by Gasteiger charge is -2.09. The molecule has 0 spiro atoms. The molecular formula is C11H14O2S. The Bertz CT molecular complexity index is 359. The highest BCUT2D eigenvalue weighted by molar-refractivity contribution is 7.81. The summed E-state index contributed by atoms with van der Waals surface area (Å²) >= 11 is 3.98. The zero-order valence-corrected chi connectivity index (χ0v) is 9.52. The van der Waals surface area contributed by atoms with E-state index < -0.39 is 0 Å². The Labute approximate surface area is 89.7 Å². The molecule has 76 valence electrons. The van der Waals surface area contributed by atoms with Gasteiger partial charge < -0.3 is 4.74 Å². The van der Waals surface area contributed by atoms with Crippen molar-refractivity contribution in [1.29, 1.82) is 0 Å². The molecule has 0 atom stereocenters. The molecule has 0 fully saturated rings. The highest BCUT2D eigenvalue weighted by Gasteiger charge is 2.10.